The fraction of sp³-hybridized carbons (Fsp3) is 0.105. The van der Waals surface area contributed by atoms with Gasteiger partial charge >= 0.3 is 0 Å². The monoisotopic (exact) mass is 299 g/mol. The first-order chi connectivity index (χ1) is 11.3. The molecule has 0 N–H and O–H groups in total. The molecule has 1 aliphatic rings. The van der Waals surface area contributed by atoms with E-state index in [1.807, 2.05) is 30.3 Å². The fourth-order valence-corrected chi connectivity index (χ4v) is 2.97. The van der Waals surface area contributed by atoms with Crippen LogP contribution in [-0.2, 0) is 6.54 Å². The third kappa shape index (κ3) is 2.23. The molecule has 0 bridgehead atoms. The van der Waals surface area contributed by atoms with Crippen LogP contribution in [0, 0.1) is 11.3 Å². The molecule has 4 heteroatoms. The number of allylic oxidation sites excluding steroid dienone is 1. The Labute approximate surface area is 133 Å². The molecule has 23 heavy (non-hydrogen) atoms. The van der Waals surface area contributed by atoms with E-state index in [0.717, 1.165) is 23.4 Å². The van der Waals surface area contributed by atoms with Gasteiger partial charge < -0.3 is 0 Å². The van der Waals surface area contributed by atoms with Crippen molar-refractivity contribution in [1.29, 1.82) is 5.26 Å². The maximum absolute atomic E-state index is 12.7. The minimum atomic E-state index is -0.0708. The third-order valence-corrected chi connectivity index (χ3v) is 4.12. The number of hydrogen-bond acceptors (Lipinski definition) is 3. The van der Waals surface area contributed by atoms with E-state index in [1.165, 1.54) is 0 Å². The summed E-state index contributed by atoms with van der Waals surface area (Å²) in [5.41, 5.74) is 3.22. The molecule has 0 unspecified atom stereocenters. The molecule has 0 radical (unpaired) electrons. The number of rotatable bonds is 1. The summed E-state index contributed by atoms with van der Waals surface area (Å²) >= 11 is 0. The van der Waals surface area contributed by atoms with Crippen LogP contribution in [0.2, 0.25) is 0 Å². The van der Waals surface area contributed by atoms with Crippen molar-refractivity contribution in [3.8, 4) is 6.07 Å². The first-order valence-electron chi connectivity index (χ1n) is 7.47. The lowest BCUT2D eigenvalue weighted by molar-refractivity contribution is 0.725. The molecule has 4 rings (SSSR count). The van der Waals surface area contributed by atoms with E-state index in [-0.39, 0.29) is 5.56 Å². The summed E-state index contributed by atoms with van der Waals surface area (Å²) in [4.78, 5) is 17.3. The van der Waals surface area contributed by atoms with E-state index in [4.69, 9.17) is 5.26 Å². The van der Waals surface area contributed by atoms with Crippen LogP contribution in [0.3, 0.4) is 0 Å². The van der Waals surface area contributed by atoms with Gasteiger partial charge in [-0.15, -0.1) is 0 Å². The number of benzene rings is 2. The first kappa shape index (κ1) is 13.5. The minimum absolute atomic E-state index is 0.0708. The molecule has 0 amide bonds. The van der Waals surface area contributed by atoms with Gasteiger partial charge in [0.2, 0.25) is 0 Å². The molecule has 1 aromatic heterocycles. The molecule has 0 saturated carbocycles. The Morgan fingerprint density at radius 2 is 2.00 bits per heavy atom. The van der Waals surface area contributed by atoms with Gasteiger partial charge in [-0.05, 0) is 41.8 Å². The smallest absolute Gasteiger partial charge is 0.261 e. The summed E-state index contributed by atoms with van der Waals surface area (Å²) in [6.07, 6.45) is 2.87. The normalized spacial score (nSPS) is 14.8. The third-order valence-electron chi connectivity index (χ3n) is 4.12. The number of nitriles is 1. The quantitative estimate of drug-likeness (QED) is 0.693. The van der Waals surface area contributed by atoms with Crippen molar-refractivity contribution in [2.24, 2.45) is 0 Å². The summed E-state index contributed by atoms with van der Waals surface area (Å²) in [5, 5.41) is 9.51. The summed E-state index contributed by atoms with van der Waals surface area (Å²) in [7, 11) is 0. The highest BCUT2D eigenvalue weighted by Crippen LogP contribution is 2.27. The maximum atomic E-state index is 12.7. The van der Waals surface area contributed by atoms with E-state index >= 15 is 0 Å². The molecule has 0 aliphatic carbocycles. The standard InChI is InChI=1S/C19H13N3O/c20-12-14-6-7-17-16(11-14)19(23)22-9-8-15(18(22)21-17)10-13-4-2-1-3-5-13/h1-7,10-11H,8-9H2/b15-10+. The second-order valence-corrected chi connectivity index (χ2v) is 5.57. The first-order valence-corrected chi connectivity index (χ1v) is 7.47. The van der Waals surface area contributed by atoms with Gasteiger partial charge in [-0.3, -0.25) is 9.36 Å². The molecular weight excluding hydrogens is 286 g/mol. The number of nitrogens with zero attached hydrogens (tertiary/aromatic N) is 3. The minimum Gasteiger partial charge on any atom is -0.292 e. The molecule has 0 saturated heterocycles. The molecule has 3 aromatic rings. The Balaban J connectivity index is 1.92. The SMILES string of the molecule is N#Cc1ccc2nc3n(c(=O)c2c1)CC/C3=C\c1ccccc1. The van der Waals surface area contributed by atoms with Crippen molar-refractivity contribution >= 4 is 22.6 Å². The average Bonchev–Trinajstić information content (AvgIpc) is 2.99. The summed E-state index contributed by atoms with van der Waals surface area (Å²) in [5.74, 6) is 0.732. The van der Waals surface area contributed by atoms with Gasteiger partial charge in [0.05, 0.1) is 22.5 Å². The van der Waals surface area contributed by atoms with Crippen LogP contribution in [-0.4, -0.2) is 9.55 Å². The van der Waals surface area contributed by atoms with E-state index in [1.54, 1.807) is 22.8 Å². The molecule has 0 atom stereocenters. The fourth-order valence-electron chi connectivity index (χ4n) is 2.97. The average molecular weight is 299 g/mol. The van der Waals surface area contributed by atoms with Gasteiger partial charge in [-0.25, -0.2) is 4.98 Å². The Kier molecular flexibility index (Phi) is 3.06. The Bertz CT molecular complexity index is 1040. The number of hydrogen-bond donors (Lipinski definition) is 0. The van der Waals surface area contributed by atoms with Gasteiger partial charge in [0.25, 0.3) is 5.56 Å². The molecular formula is C19H13N3O. The highest BCUT2D eigenvalue weighted by atomic mass is 16.1. The molecule has 0 spiro atoms. The molecule has 0 fully saturated rings. The lowest BCUT2D eigenvalue weighted by Gasteiger charge is -2.05. The number of aromatic nitrogens is 2. The second-order valence-electron chi connectivity index (χ2n) is 5.57. The Morgan fingerprint density at radius 1 is 1.17 bits per heavy atom. The molecule has 4 nitrogen and oxygen atoms in total. The van der Waals surface area contributed by atoms with Gasteiger partial charge in [0, 0.05) is 6.54 Å². The van der Waals surface area contributed by atoms with Crippen molar-refractivity contribution in [2.75, 3.05) is 0 Å². The summed E-state index contributed by atoms with van der Waals surface area (Å²) in [6.45, 7) is 0.632. The highest BCUT2D eigenvalue weighted by Gasteiger charge is 2.20. The van der Waals surface area contributed by atoms with Gasteiger partial charge in [-0.2, -0.15) is 5.26 Å². The van der Waals surface area contributed by atoms with Gasteiger partial charge in [0.15, 0.2) is 0 Å². The van der Waals surface area contributed by atoms with Crippen molar-refractivity contribution in [2.45, 2.75) is 13.0 Å². The zero-order valence-corrected chi connectivity index (χ0v) is 12.4. The largest absolute Gasteiger partial charge is 0.292 e. The van der Waals surface area contributed by atoms with Crippen molar-refractivity contribution in [1.82, 2.24) is 9.55 Å². The predicted molar refractivity (Wildman–Crippen MR) is 89.6 cm³/mol. The zero-order valence-electron chi connectivity index (χ0n) is 12.4. The van der Waals surface area contributed by atoms with E-state index in [2.05, 4.69) is 17.1 Å². The molecule has 1 aliphatic heterocycles. The van der Waals surface area contributed by atoms with Crippen LogP contribution in [0.25, 0.3) is 22.6 Å². The van der Waals surface area contributed by atoms with Gasteiger partial charge in [-0.1, -0.05) is 30.3 Å². The van der Waals surface area contributed by atoms with Crippen LogP contribution >= 0.6 is 0 Å². The summed E-state index contributed by atoms with van der Waals surface area (Å²) < 4.78 is 1.71. The predicted octanol–water partition coefficient (Wildman–Crippen LogP) is 3.21. The highest BCUT2D eigenvalue weighted by molar-refractivity contribution is 5.85. The van der Waals surface area contributed by atoms with Crippen molar-refractivity contribution in [3.63, 3.8) is 0 Å². The Morgan fingerprint density at radius 3 is 2.78 bits per heavy atom. The van der Waals surface area contributed by atoms with Crippen LogP contribution in [0.1, 0.15) is 23.4 Å². The number of fused-ring (bicyclic) bond motifs is 2. The second kappa shape index (κ2) is 5.22. The van der Waals surface area contributed by atoms with Crippen LogP contribution < -0.4 is 5.56 Å². The zero-order chi connectivity index (χ0) is 15.8. The van der Waals surface area contributed by atoms with Gasteiger partial charge in [0.1, 0.15) is 5.82 Å². The molecule has 110 valence electrons. The maximum Gasteiger partial charge on any atom is 0.261 e. The Hall–Kier alpha value is -3.19. The van der Waals surface area contributed by atoms with Crippen LogP contribution in [0.15, 0.2) is 53.3 Å². The molecule has 2 heterocycles. The van der Waals surface area contributed by atoms with Crippen molar-refractivity contribution in [3.05, 3.63) is 75.8 Å². The van der Waals surface area contributed by atoms with Crippen LogP contribution in [0.5, 0.6) is 0 Å². The van der Waals surface area contributed by atoms with E-state index in [0.29, 0.717) is 23.0 Å². The summed E-state index contributed by atoms with van der Waals surface area (Å²) in [6, 6.07) is 17.2. The topological polar surface area (TPSA) is 58.7 Å². The lowest BCUT2D eigenvalue weighted by atomic mass is 10.1. The van der Waals surface area contributed by atoms with Crippen LogP contribution in [0.4, 0.5) is 0 Å². The van der Waals surface area contributed by atoms with Crippen molar-refractivity contribution < 1.29 is 0 Å². The molecule has 2 aromatic carbocycles. The van der Waals surface area contributed by atoms with E-state index in [9.17, 15) is 4.79 Å². The lowest BCUT2D eigenvalue weighted by Crippen LogP contribution is -2.20. The van der Waals surface area contributed by atoms with E-state index < -0.39 is 0 Å².